The highest BCUT2D eigenvalue weighted by Crippen LogP contribution is 2.25. The number of halogens is 2. The second-order valence-corrected chi connectivity index (χ2v) is 4.84. The van der Waals surface area contributed by atoms with Crippen molar-refractivity contribution in [2.24, 2.45) is 5.73 Å². The molecule has 2 rings (SSSR count). The van der Waals surface area contributed by atoms with Crippen LogP contribution in [0.3, 0.4) is 0 Å². The van der Waals surface area contributed by atoms with Crippen LogP contribution in [0.15, 0.2) is 30.3 Å². The Balaban J connectivity index is 1.81. The van der Waals surface area contributed by atoms with Gasteiger partial charge in [0.1, 0.15) is 12.3 Å². The van der Waals surface area contributed by atoms with Crippen LogP contribution in [0.5, 0.6) is 0 Å². The maximum absolute atomic E-state index is 13.8. The normalized spacial score (nSPS) is 30.1. The highest BCUT2D eigenvalue weighted by Gasteiger charge is 2.30. The van der Waals surface area contributed by atoms with Crippen molar-refractivity contribution >= 4 is 0 Å². The van der Waals surface area contributed by atoms with Gasteiger partial charge in [0.2, 0.25) is 0 Å². The fourth-order valence-corrected chi connectivity index (χ4v) is 2.27. The van der Waals surface area contributed by atoms with E-state index in [4.69, 9.17) is 10.5 Å². The molecule has 0 spiro atoms. The topological polar surface area (TPSA) is 35.2 Å². The van der Waals surface area contributed by atoms with Crippen molar-refractivity contribution in [1.82, 2.24) is 0 Å². The summed E-state index contributed by atoms with van der Waals surface area (Å²) in [6, 6.07) is 8.71. The van der Waals surface area contributed by atoms with Crippen molar-refractivity contribution in [3.63, 3.8) is 0 Å². The van der Waals surface area contributed by atoms with Gasteiger partial charge in [0.05, 0.1) is 12.7 Å². The van der Waals surface area contributed by atoms with E-state index in [-0.39, 0.29) is 12.6 Å². The van der Waals surface area contributed by atoms with Crippen LogP contribution in [0.1, 0.15) is 31.0 Å². The lowest BCUT2D eigenvalue weighted by Crippen LogP contribution is -2.39. The first-order chi connectivity index (χ1) is 8.66. The van der Waals surface area contributed by atoms with Crippen LogP contribution in [0, 0.1) is 0 Å². The van der Waals surface area contributed by atoms with E-state index in [9.17, 15) is 8.78 Å². The lowest BCUT2D eigenvalue weighted by Gasteiger charge is -2.30. The minimum absolute atomic E-state index is 0.0878. The summed E-state index contributed by atoms with van der Waals surface area (Å²) in [5.74, 6) is 0. The molecule has 0 saturated heterocycles. The molecule has 0 radical (unpaired) electrons. The molecule has 1 aliphatic carbocycles. The predicted octanol–water partition coefficient (Wildman–Crippen LogP) is 2.93. The Morgan fingerprint density at radius 3 is 2.67 bits per heavy atom. The summed E-state index contributed by atoms with van der Waals surface area (Å²) in [5.41, 5.74) is 6.23. The lowest BCUT2D eigenvalue weighted by atomic mass is 9.92. The van der Waals surface area contributed by atoms with Crippen molar-refractivity contribution in [2.45, 2.75) is 43.8 Å². The molecule has 2 nitrogen and oxygen atoms in total. The molecule has 100 valence electrons. The smallest absolute Gasteiger partial charge is 0.148 e. The molecule has 0 amide bonds. The molecule has 0 unspecified atom stereocenters. The number of nitrogens with two attached hydrogens (primary N) is 1. The van der Waals surface area contributed by atoms with Gasteiger partial charge in [0.25, 0.3) is 0 Å². The van der Waals surface area contributed by atoms with E-state index in [1.165, 1.54) is 0 Å². The highest BCUT2D eigenvalue weighted by atomic mass is 19.1. The number of alkyl halides is 2. The second-order valence-electron chi connectivity index (χ2n) is 4.84. The molecule has 0 bridgehead atoms. The van der Waals surface area contributed by atoms with Gasteiger partial charge in [-0.1, -0.05) is 30.3 Å². The van der Waals surface area contributed by atoms with Crippen LogP contribution < -0.4 is 5.73 Å². The average molecular weight is 255 g/mol. The van der Waals surface area contributed by atoms with Gasteiger partial charge < -0.3 is 10.5 Å². The number of ether oxygens (including phenoxy) is 1. The molecule has 4 heteroatoms. The number of hydrogen-bond donors (Lipinski definition) is 1. The van der Waals surface area contributed by atoms with E-state index in [1.54, 1.807) is 24.3 Å². The van der Waals surface area contributed by atoms with Crippen LogP contribution in [0.25, 0.3) is 0 Å². The van der Waals surface area contributed by atoms with Crippen molar-refractivity contribution in [3.8, 4) is 0 Å². The van der Waals surface area contributed by atoms with Crippen LogP contribution in [-0.2, 0) is 4.74 Å². The number of hydrogen-bond acceptors (Lipinski definition) is 2. The zero-order valence-electron chi connectivity index (χ0n) is 10.3. The fraction of sp³-hybridized carbons (Fsp3) is 0.571. The SMILES string of the molecule is N[C@H]1CC[C@H](OC[C@@H](F)c2ccccc2)[C@@H](F)C1. The summed E-state index contributed by atoms with van der Waals surface area (Å²) in [5, 5.41) is 0. The zero-order chi connectivity index (χ0) is 13.0. The third kappa shape index (κ3) is 3.50. The van der Waals surface area contributed by atoms with Crippen LogP contribution in [0.2, 0.25) is 0 Å². The van der Waals surface area contributed by atoms with Gasteiger partial charge in [-0.05, 0) is 24.8 Å². The summed E-state index contributed by atoms with van der Waals surface area (Å²) in [6.07, 6.45) is -1.15. The molecule has 1 fully saturated rings. The predicted molar refractivity (Wildman–Crippen MR) is 66.8 cm³/mol. The van der Waals surface area contributed by atoms with Gasteiger partial charge >= 0.3 is 0 Å². The summed E-state index contributed by atoms with van der Waals surface area (Å²) < 4.78 is 32.8. The molecule has 0 heterocycles. The molecule has 18 heavy (non-hydrogen) atoms. The monoisotopic (exact) mass is 255 g/mol. The van der Waals surface area contributed by atoms with E-state index in [2.05, 4.69) is 0 Å². The van der Waals surface area contributed by atoms with Crippen LogP contribution >= 0.6 is 0 Å². The molecule has 1 aliphatic rings. The van der Waals surface area contributed by atoms with Crippen molar-refractivity contribution in [2.75, 3.05) is 6.61 Å². The van der Waals surface area contributed by atoms with Crippen molar-refractivity contribution in [1.29, 1.82) is 0 Å². The van der Waals surface area contributed by atoms with Gasteiger partial charge in [-0.25, -0.2) is 8.78 Å². The van der Waals surface area contributed by atoms with Gasteiger partial charge in [-0.3, -0.25) is 0 Å². The first-order valence-electron chi connectivity index (χ1n) is 6.37. The Morgan fingerprint density at radius 1 is 1.28 bits per heavy atom. The van der Waals surface area contributed by atoms with E-state index in [1.807, 2.05) is 6.07 Å². The Bertz CT molecular complexity index is 360. The molecular formula is C14H19F2NO. The Morgan fingerprint density at radius 2 is 2.00 bits per heavy atom. The Hall–Kier alpha value is -1.00. The Kier molecular flexibility index (Phi) is 4.66. The minimum atomic E-state index is -1.20. The maximum atomic E-state index is 13.8. The van der Waals surface area contributed by atoms with Gasteiger partial charge in [0.15, 0.2) is 0 Å². The first kappa shape index (κ1) is 13.4. The Labute approximate surface area is 106 Å². The quantitative estimate of drug-likeness (QED) is 0.897. The van der Waals surface area contributed by atoms with E-state index >= 15 is 0 Å². The third-order valence-corrected chi connectivity index (χ3v) is 3.37. The molecular weight excluding hydrogens is 236 g/mol. The zero-order valence-corrected chi connectivity index (χ0v) is 10.3. The summed E-state index contributed by atoms with van der Waals surface area (Å²) in [7, 11) is 0. The van der Waals surface area contributed by atoms with E-state index < -0.39 is 18.4 Å². The third-order valence-electron chi connectivity index (χ3n) is 3.37. The molecule has 2 N–H and O–H groups in total. The van der Waals surface area contributed by atoms with E-state index in [0.29, 0.717) is 18.4 Å². The lowest BCUT2D eigenvalue weighted by molar-refractivity contribution is -0.0466. The molecule has 1 saturated carbocycles. The van der Waals surface area contributed by atoms with E-state index in [0.717, 1.165) is 6.42 Å². The molecule has 1 aromatic rings. The summed E-state index contributed by atoms with van der Waals surface area (Å²) in [6.45, 7) is -0.0929. The number of benzene rings is 1. The van der Waals surface area contributed by atoms with Gasteiger partial charge in [0, 0.05) is 6.04 Å². The largest absolute Gasteiger partial charge is 0.372 e. The minimum Gasteiger partial charge on any atom is -0.372 e. The maximum Gasteiger partial charge on any atom is 0.148 e. The number of rotatable bonds is 4. The van der Waals surface area contributed by atoms with Crippen LogP contribution in [0.4, 0.5) is 8.78 Å². The second kappa shape index (κ2) is 6.25. The van der Waals surface area contributed by atoms with Crippen LogP contribution in [-0.4, -0.2) is 24.9 Å². The van der Waals surface area contributed by atoms with Gasteiger partial charge in [-0.15, -0.1) is 0 Å². The van der Waals surface area contributed by atoms with Crippen molar-refractivity contribution in [3.05, 3.63) is 35.9 Å². The van der Waals surface area contributed by atoms with Crippen molar-refractivity contribution < 1.29 is 13.5 Å². The molecule has 0 aromatic heterocycles. The van der Waals surface area contributed by atoms with Gasteiger partial charge in [-0.2, -0.15) is 0 Å². The average Bonchev–Trinajstić information content (AvgIpc) is 2.38. The molecule has 1 aromatic carbocycles. The summed E-state index contributed by atoms with van der Waals surface area (Å²) in [4.78, 5) is 0. The first-order valence-corrected chi connectivity index (χ1v) is 6.37. The highest BCUT2D eigenvalue weighted by molar-refractivity contribution is 5.17. The standard InChI is InChI=1S/C14H19F2NO/c15-12-8-11(17)6-7-14(12)18-9-13(16)10-4-2-1-3-5-10/h1-5,11-14H,6-9,17H2/t11-,12-,13+,14-/m0/s1. The summed E-state index contributed by atoms with van der Waals surface area (Å²) >= 11 is 0. The molecule has 0 aliphatic heterocycles. The molecule has 4 atom stereocenters. The fourth-order valence-electron chi connectivity index (χ4n) is 2.27.